The van der Waals surface area contributed by atoms with Crippen LogP contribution in [-0.2, 0) is 0 Å². The maximum Gasteiger partial charge on any atom is 0.167 e. The number of hydrogen-bond acceptors (Lipinski definition) is 2. The Balaban J connectivity index is 2.64. The summed E-state index contributed by atoms with van der Waals surface area (Å²) in [5, 5.41) is 3.73. The second-order valence-electron chi connectivity index (χ2n) is 3.65. The molecule has 0 amide bonds. The van der Waals surface area contributed by atoms with E-state index >= 15 is 0 Å². The van der Waals surface area contributed by atoms with Gasteiger partial charge in [0.2, 0.25) is 0 Å². The van der Waals surface area contributed by atoms with Crippen LogP contribution >= 0.6 is 0 Å². The Labute approximate surface area is 83.5 Å². The molecule has 2 rings (SSSR count). The Morgan fingerprint density at radius 1 is 1.07 bits per heavy atom. The third kappa shape index (κ3) is 1.43. The third-order valence-electron chi connectivity index (χ3n) is 2.36. The highest BCUT2D eigenvalue weighted by atomic mass is 16.5. The number of nitrogens with zero attached hydrogens (tertiary/aromatic N) is 1. The van der Waals surface area contributed by atoms with Crippen molar-refractivity contribution in [3.63, 3.8) is 0 Å². The summed E-state index contributed by atoms with van der Waals surface area (Å²) < 4.78 is 5.17. The molecule has 0 aliphatic rings. The van der Waals surface area contributed by atoms with Crippen molar-refractivity contribution in [2.45, 2.75) is 20.8 Å². The molecule has 0 atom stereocenters. The van der Waals surface area contributed by atoms with Crippen molar-refractivity contribution in [3.8, 4) is 11.3 Å². The summed E-state index contributed by atoms with van der Waals surface area (Å²) in [5.41, 5.74) is 4.91. The van der Waals surface area contributed by atoms with Crippen molar-refractivity contribution in [2.24, 2.45) is 0 Å². The van der Waals surface area contributed by atoms with Gasteiger partial charge in [0.05, 0.1) is 6.20 Å². The normalized spacial score (nSPS) is 10.5. The van der Waals surface area contributed by atoms with E-state index < -0.39 is 0 Å². The molecule has 72 valence electrons. The van der Waals surface area contributed by atoms with Crippen molar-refractivity contribution in [2.75, 3.05) is 0 Å². The fraction of sp³-hybridized carbons (Fsp3) is 0.250. The lowest BCUT2D eigenvalue weighted by Gasteiger charge is -2.07. The Morgan fingerprint density at radius 3 is 2.21 bits per heavy atom. The second-order valence-corrected chi connectivity index (χ2v) is 3.65. The number of aryl methyl sites for hydroxylation is 3. The molecule has 1 aromatic carbocycles. The molecule has 2 aromatic rings. The maximum atomic E-state index is 5.17. The van der Waals surface area contributed by atoms with Crippen LogP contribution in [0.4, 0.5) is 0 Å². The SMILES string of the molecule is Cc1cc(C)c(-c2ccno2)c(C)c1. The molecule has 1 aromatic heterocycles. The Morgan fingerprint density at radius 2 is 1.71 bits per heavy atom. The first-order valence-electron chi connectivity index (χ1n) is 4.67. The molecule has 2 heteroatoms. The highest BCUT2D eigenvalue weighted by Crippen LogP contribution is 2.27. The van der Waals surface area contributed by atoms with Crippen LogP contribution in [0, 0.1) is 20.8 Å². The van der Waals surface area contributed by atoms with E-state index in [0.717, 1.165) is 11.3 Å². The van der Waals surface area contributed by atoms with E-state index in [0.29, 0.717) is 0 Å². The Kier molecular flexibility index (Phi) is 2.12. The summed E-state index contributed by atoms with van der Waals surface area (Å²) in [7, 11) is 0. The van der Waals surface area contributed by atoms with Crippen molar-refractivity contribution < 1.29 is 4.52 Å². The fourth-order valence-corrected chi connectivity index (χ4v) is 1.91. The zero-order valence-corrected chi connectivity index (χ0v) is 8.66. The topological polar surface area (TPSA) is 26.0 Å². The van der Waals surface area contributed by atoms with E-state index in [1.165, 1.54) is 16.7 Å². The highest BCUT2D eigenvalue weighted by molar-refractivity contribution is 5.66. The van der Waals surface area contributed by atoms with Crippen LogP contribution in [-0.4, -0.2) is 5.16 Å². The summed E-state index contributed by atoms with van der Waals surface area (Å²) in [6, 6.07) is 6.21. The van der Waals surface area contributed by atoms with Crippen molar-refractivity contribution >= 4 is 0 Å². The molecule has 0 aliphatic heterocycles. The predicted molar refractivity (Wildman–Crippen MR) is 56.2 cm³/mol. The van der Waals surface area contributed by atoms with Crippen LogP contribution in [0.2, 0.25) is 0 Å². The van der Waals surface area contributed by atoms with Gasteiger partial charge >= 0.3 is 0 Å². The number of benzene rings is 1. The maximum absolute atomic E-state index is 5.17. The van der Waals surface area contributed by atoms with Crippen LogP contribution in [0.3, 0.4) is 0 Å². The van der Waals surface area contributed by atoms with Crippen molar-refractivity contribution in [1.29, 1.82) is 0 Å². The van der Waals surface area contributed by atoms with Crippen LogP contribution in [0.25, 0.3) is 11.3 Å². The number of hydrogen-bond donors (Lipinski definition) is 0. The molecule has 0 spiro atoms. The molecule has 0 unspecified atom stereocenters. The van der Waals surface area contributed by atoms with Crippen LogP contribution in [0.1, 0.15) is 16.7 Å². The highest BCUT2D eigenvalue weighted by Gasteiger charge is 2.09. The summed E-state index contributed by atoms with van der Waals surface area (Å²) in [5.74, 6) is 0.847. The molecule has 14 heavy (non-hydrogen) atoms. The Bertz CT molecular complexity index is 420. The molecule has 1 heterocycles. The summed E-state index contributed by atoms with van der Waals surface area (Å²) >= 11 is 0. The molecule has 0 fully saturated rings. The second kappa shape index (κ2) is 3.29. The van der Waals surface area contributed by atoms with Crippen LogP contribution in [0.5, 0.6) is 0 Å². The van der Waals surface area contributed by atoms with Gasteiger partial charge in [-0.15, -0.1) is 0 Å². The van der Waals surface area contributed by atoms with Gasteiger partial charge in [-0.25, -0.2) is 0 Å². The van der Waals surface area contributed by atoms with Gasteiger partial charge in [0, 0.05) is 11.6 Å². The van der Waals surface area contributed by atoms with Crippen LogP contribution in [0.15, 0.2) is 28.9 Å². The van der Waals surface area contributed by atoms with Gasteiger partial charge in [-0.2, -0.15) is 0 Å². The minimum absolute atomic E-state index is 0.847. The molecule has 0 saturated carbocycles. The lowest BCUT2D eigenvalue weighted by molar-refractivity contribution is 0.432. The van der Waals surface area contributed by atoms with E-state index in [9.17, 15) is 0 Å². The average Bonchev–Trinajstić information content (AvgIpc) is 2.54. The first-order valence-corrected chi connectivity index (χ1v) is 4.67. The fourth-order valence-electron chi connectivity index (χ4n) is 1.91. The van der Waals surface area contributed by atoms with Gasteiger partial charge in [0.1, 0.15) is 0 Å². The molecular weight excluding hydrogens is 174 g/mol. The molecule has 0 saturated heterocycles. The van der Waals surface area contributed by atoms with E-state index in [1.807, 2.05) is 6.07 Å². The van der Waals surface area contributed by atoms with Gasteiger partial charge in [-0.05, 0) is 31.9 Å². The van der Waals surface area contributed by atoms with Crippen LogP contribution < -0.4 is 0 Å². The Hall–Kier alpha value is -1.57. The largest absolute Gasteiger partial charge is 0.356 e. The quantitative estimate of drug-likeness (QED) is 0.684. The lowest BCUT2D eigenvalue weighted by Crippen LogP contribution is -1.88. The van der Waals surface area contributed by atoms with Crippen molar-refractivity contribution in [3.05, 3.63) is 41.1 Å². The molecule has 0 N–H and O–H groups in total. The van der Waals surface area contributed by atoms with Gasteiger partial charge < -0.3 is 4.52 Å². The lowest BCUT2D eigenvalue weighted by atomic mass is 9.98. The first-order chi connectivity index (χ1) is 6.68. The van der Waals surface area contributed by atoms with E-state index in [2.05, 4.69) is 38.1 Å². The van der Waals surface area contributed by atoms with Gasteiger partial charge in [0.25, 0.3) is 0 Å². The molecule has 0 radical (unpaired) electrons. The van der Waals surface area contributed by atoms with E-state index in [4.69, 9.17) is 4.52 Å². The summed E-state index contributed by atoms with van der Waals surface area (Å²) in [4.78, 5) is 0. The summed E-state index contributed by atoms with van der Waals surface area (Å²) in [6.07, 6.45) is 1.67. The van der Waals surface area contributed by atoms with Crippen molar-refractivity contribution in [1.82, 2.24) is 5.16 Å². The minimum Gasteiger partial charge on any atom is -0.356 e. The average molecular weight is 187 g/mol. The molecular formula is C12H13NO. The number of rotatable bonds is 1. The predicted octanol–water partition coefficient (Wildman–Crippen LogP) is 3.27. The first kappa shape index (κ1) is 9.00. The summed E-state index contributed by atoms with van der Waals surface area (Å²) in [6.45, 7) is 6.29. The van der Waals surface area contributed by atoms with Gasteiger partial charge in [0.15, 0.2) is 5.76 Å². The van der Waals surface area contributed by atoms with Gasteiger partial charge in [-0.1, -0.05) is 22.9 Å². The molecule has 2 nitrogen and oxygen atoms in total. The standard InChI is InChI=1S/C12H13NO/c1-8-6-9(2)12(10(3)7-8)11-4-5-13-14-11/h4-7H,1-3H3. The molecule has 0 bridgehead atoms. The monoisotopic (exact) mass is 187 g/mol. The number of aromatic nitrogens is 1. The van der Waals surface area contributed by atoms with E-state index in [-0.39, 0.29) is 0 Å². The zero-order valence-electron chi connectivity index (χ0n) is 8.66. The third-order valence-corrected chi connectivity index (χ3v) is 2.36. The molecule has 0 aliphatic carbocycles. The van der Waals surface area contributed by atoms with Gasteiger partial charge in [-0.3, -0.25) is 0 Å². The minimum atomic E-state index is 0.847. The zero-order chi connectivity index (χ0) is 10.1. The smallest absolute Gasteiger partial charge is 0.167 e. The van der Waals surface area contributed by atoms with E-state index in [1.54, 1.807) is 6.20 Å².